The molecule has 0 fully saturated rings. The molecule has 0 radical (unpaired) electrons. The largest absolute Gasteiger partial charge is 0.486 e. The lowest BCUT2D eigenvalue weighted by Crippen LogP contribution is -2.34. The summed E-state index contributed by atoms with van der Waals surface area (Å²) >= 11 is 0. The number of hydrogen-bond donors (Lipinski definition) is 1. The van der Waals surface area contributed by atoms with Crippen LogP contribution in [-0.4, -0.2) is 45.5 Å². The molecule has 0 amide bonds. The first-order chi connectivity index (χ1) is 16.4. The third kappa shape index (κ3) is 4.09. The molecule has 0 saturated carbocycles. The minimum absolute atomic E-state index is 0.179. The van der Waals surface area contributed by atoms with E-state index in [1.807, 2.05) is 50.3 Å². The van der Waals surface area contributed by atoms with Crippen LogP contribution in [0.4, 0.5) is 22.0 Å². The van der Waals surface area contributed by atoms with E-state index in [-0.39, 0.29) is 11.9 Å². The van der Waals surface area contributed by atoms with Crippen LogP contribution in [0.15, 0.2) is 48.9 Å². The predicted octanol–water partition coefficient (Wildman–Crippen LogP) is 4.04. The number of hydrogen-bond acceptors (Lipinski definition) is 8. The van der Waals surface area contributed by atoms with Gasteiger partial charge in [0.2, 0.25) is 11.8 Å². The number of aromatic nitrogens is 5. The van der Waals surface area contributed by atoms with E-state index in [1.165, 1.54) is 12.1 Å². The van der Waals surface area contributed by atoms with Crippen molar-refractivity contribution < 1.29 is 13.9 Å². The van der Waals surface area contributed by atoms with Crippen LogP contribution in [0.25, 0.3) is 11.1 Å². The third-order valence-corrected chi connectivity index (χ3v) is 5.69. The topological polar surface area (TPSA) is 90.2 Å². The number of likely N-dealkylation sites (N-methyl/N-ethyl adjacent to an activating group) is 1. The van der Waals surface area contributed by atoms with Crippen molar-refractivity contribution in [3.63, 3.8) is 0 Å². The Morgan fingerprint density at radius 3 is 2.74 bits per heavy atom. The smallest absolute Gasteiger partial charge is 0.230 e. The Hall–Kier alpha value is -4.21. The first kappa shape index (κ1) is 21.6. The molecule has 9 nitrogen and oxygen atoms in total. The van der Waals surface area contributed by atoms with Crippen LogP contribution in [-0.2, 0) is 7.05 Å². The zero-order valence-electron chi connectivity index (χ0n) is 19.3. The summed E-state index contributed by atoms with van der Waals surface area (Å²) in [6, 6.07) is 8.54. The van der Waals surface area contributed by atoms with Crippen molar-refractivity contribution in [2.24, 2.45) is 7.05 Å². The zero-order valence-corrected chi connectivity index (χ0v) is 19.3. The number of pyridine rings is 1. The number of halogens is 1. The highest BCUT2D eigenvalue weighted by Gasteiger charge is 2.28. The molecule has 1 atom stereocenters. The standard InChI is InChI=1S/C24H24FN7O2/c1-14-7-15(9-17(25)8-14)19-13-34-20-11-26-24(30-22(20)32(19)3)29-21-6-5-18(23(28-21)33-4)16-10-27-31(2)12-16/h5-12,19H,13H2,1-4H3,(H,26,28,29,30). The second kappa shape index (κ2) is 8.62. The predicted molar refractivity (Wildman–Crippen MR) is 126 cm³/mol. The normalized spacial score (nSPS) is 15.0. The molecule has 1 aliphatic heterocycles. The lowest BCUT2D eigenvalue weighted by Gasteiger charge is -2.35. The molecule has 34 heavy (non-hydrogen) atoms. The van der Waals surface area contributed by atoms with Crippen molar-refractivity contribution in [3.8, 4) is 22.8 Å². The Labute approximate surface area is 196 Å². The molecule has 0 saturated heterocycles. The summed E-state index contributed by atoms with van der Waals surface area (Å²) in [6.07, 6.45) is 5.27. The van der Waals surface area contributed by atoms with E-state index in [2.05, 4.69) is 25.4 Å². The van der Waals surface area contributed by atoms with E-state index in [1.54, 1.807) is 24.2 Å². The monoisotopic (exact) mass is 461 g/mol. The molecule has 0 spiro atoms. The molecule has 5 rings (SSSR count). The van der Waals surface area contributed by atoms with Crippen molar-refractivity contribution in [2.45, 2.75) is 13.0 Å². The summed E-state index contributed by atoms with van der Waals surface area (Å²) in [5.74, 6) is 2.24. The van der Waals surface area contributed by atoms with Crippen molar-refractivity contribution >= 4 is 17.6 Å². The molecule has 174 valence electrons. The molecule has 10 heteroatoms. The van der Waals surface area contributed by atoms with Crippen LogP contribution in [0, 0.1) is 12.7 Å². The number of anilines is 3. The average Bonchev–Trinajstić information content (AvgIpc) is 3.25. The van der Waals surface area contributed by atoms with Crippen LogP contribution in [0.2, 0.25) is 0 Å². The van der Waals surface area contributed by atoms with Crippen molar-refractivity contribution in [1.82, 2.24) is 24.7 Å². The van der Waals surface area contributed by atoms with Crippen LogP contribution < -0.4 is 19.7 Å². The fourth-order valence-corrected chi connectivity index (χ4v) is 4.04. The van der Waals surface area contributed by atoms with Crippen LogP contribution >= 0.6 is 0 Å². The van der Waals surface area contributed by atoms with Crippen LogP contribution in [0.3, 0.4) is 0 Å². The molecule has 0 bridgehead atoms. The Morgan fingerprint density at radius 1 is 1.15 bits per heavy atom. The third-order valence-electron chi connectivity index (χ3n) is 5.69. The first-order valence-electron chi connectivity index (χ1n) is 10.7. The summed E-state index contributed by atoms with van der Waals surface area (Å²) in [7, 11) is 5.34. The molecule has 3 aromatic heterocycles. The van der Waals surface area contributed by atoms with E-state index >= 15 is 0 Å². The Balaban J connectivity index is 1.41. The van der Waals surface area contributed by atoms with Gasteiger partial charge in [0.15, 0.2) is 11.6 Å². The summed E-state index contributed by atoms with van der Waals surface area (Å²) in [5, 5.41) is 7.33. The maximum atomic E-state index is 14.0. The van der Waals surface area contributed by atoms with Gasteiger partial charge in [-0.1, -0.05) is 6.07 Å². The molecule has 0 aliphatic carbocycles. The molecule has 1 N–H and O–H groups in total. The number of nitrogens with one attached hydrogen (secondary N) is 1. The molecule has 1 aliphatic rings. The summed E-state index contributed by atoms with van der Waals surface area (Å²) in [5.41, 5.74) is 3.42. The van der Waals surface area contributed by atoms with Crippen molar-refractivity contribution in [2.75, 3.05) is 31.0 Å². The number of methoxy groups -OCH3 is 1. The highest BCUT2D eigenvalue weighted by molar-refractivity contribution is 5.70. The molecule has 4 heterocycles. The SMILES string of the molecule is COc1nc(Nc2ncc3c(n2)N(C)C(c2cc(C)cc(F)c2)CO3)ccc1-c1cnn(C)c1. The second-order valence-electron chi connectivity index (χ2n) is 8.16. The van der Waals surface area contributed by atoms with E-state index in [0.717, 1.165) is 22.3 Å². The number of aryl methyl sites for hydroxylation is 2. The fraction of sp³-hybridized carbons (Fsp3) is 0.250. The number of ether oxygens (including phenoxy) is 2. The van der Waals surface area contributed by atoms with E-state index in [4.69, 9.17) is 9.47 Å². The van der Waals surface area contributed by atoms with Gasteiger partial charge in [0.1, 0.15) is 18.2 Å². The summed E-state index contributed by atoms with van der Waals surface area (Å²) in [4.78, 5) is 15.5. The van der Waals surface area contributed by atoms with Crippen LogP contribution in [0.5, 0.6) is 11.6 Å². The van der Waals surface area contributed by atoms with Crippen molar-refractivity contribution in [1.29, 1.82) is 0 Å². The highest BCUT2D eigenvalue weighted by Crippen LogP contribution is 2.37. The van der Waals surface area contributed by atoms with Crippen LogP contribution in [0.1, 0.15) is 17.2 Å². The Kier molecular flexibility index (Phi) is 5.48. The minimum atomic E-state index is -0.269. The highest BCUT2D eigenvalue weighted by atomic mass is 19.1. The van der Waals surface area contributed by atoms with Gasteiger partial charge in [-0.3, -0.25) is 4.68 Å². The number of rotatable bonds is 5. The average molecular weight is 462 g/mol. The maximum absolute atomic E-state index is 14.0. The second-order valence-corrected chi connectivity index (χ2v) is 8.16. The molecule has 1 aromatic carbocycles. The quantitative estimate of drug-likeness (QED) is 0.476. The van der Waals surface area contributed by atoms with Crippen molar-refractivity contribution in [3.05, 3.63) is 65.9 Å². The zero-order chi connectivity index (χ0) is 23.8. The number of benzene rings is 1. The lowest BCUT2D eigenvalue weighted by molar-refractivity contribution is 0.265. The summed E-state index contributed by atoms with van der Waals surface area (Å²) in [6.45, 7) is 2.24. The summed E-state index contributed by atoms with van der Waals surface area (Å²) < 4.78 is 27.1. The van der Waals surface area contributed by atoms with Gasteiger partial charge in [0.25, 0.3) is 0 Å². The van der Waals surface area contributed by atoms with Gasteiger partial charge >= 0.3 is 0 Å². The van der Waals surface area contributed by atoms with E-state index in [0.29, 0.717) is 35.8 Å². The Bertz CT molecular complexity index is 1340. The Morgan fingerprint density at radius 2 is 2.00 bits per heavy atom. The van der Waals surface area contributed by atoms with E-state index in [9.17, 15) is 4.39 Å². The lowest BCUT2D eigenvalue weighted by atomic mass is 10.0. The fourth-order valence-electron chi connectivity index (χ4n) is 4.04. The van der Waals surface area contributed by atoms with Gasteiger partial charge in [0, 0.05) is 31.4 Å². The van der Waals surface area contributed by atoms with E-state index < -0.39 is 0 Å². The van der Waals surface area contributed by atoms with Gasteiger partial charge in [-0.05, 0) is 42.3 Å². The molecule has 4 aromatic rings. The number of nitrogens with zero attached hydrogens (tertiary/aromatic N) is 6. The van der Waals surface area contributed by atoms with Gasteiger partial charge in [-0.15, -0.1) is 0 Å². The maximum Gasteiger partial charge on any atom is 0.230 e. The first-order valence-corrected chi connectivity index (χ1v) is 10.7. The molecular weight excluding hydrogens is 437 g/mol. The molecular formula is C24H24FN7O2. The number of fused-ring (bicyclic) bond motifs is 1. The van der Waals surface area contributed by atoms with Gasteiger partial charge in [0.05, 0.1) is 25.5 Å². The van der Waals surface area contributed by atoms with Gasteiger partial charge in [-0.2, -0.15) is 15.1 Å². The minimum Gasteiger partial charge on any atom is -0.486 e. The molecule has 1 unspecified atom stereocenters. The van der Waals surface area contributed by atoms with Gasteiger partial charge < -0.3 is 19.7 Å². The van der Waals surface area contributed by atoms with Gasteiger partial charge in [-0.25, -0.2) is 9.37 Å².